The van der Waals surface area contributed by atoms with Crippen LogP contribution >= 0.6 is 24.0 Å². The largest absolute Gasteiger partial charge is 0.493 e. The predicted molar refractivity (Wildman–Crippen MR) is 120 cm³/mol. The summed E-state index contributed by atoms with van der Waals surface area (Å²) < 4.78 is 35.7. The van der Waals surface area contributed by atoms with Crippen molar-refractivity contribution in [2.45, 2.75) is 40.0 Å². The van der Waals surface area contributed by atoms with Crippen molar-refractivity contribution in [3.8, 4) is 11.5 Å². The zero-order valence-electron chi connectivity index (χ0n) is 16.7. The van der Waals surface area contributed by atoms with E-state index < -0.39 is 6.61 Å². The van der Waals surface area contributed by atoms with E-state index in [-0.39, 0.29) is 36.3 Å². The van der Waals surface area contributed by atoms with Crippen LogP contribution in [0.25, 0.3) is 0 Å². The predicted octanol–water partition coefficient (Wildman–Crippen LogP) is 4.26. The molecule has 0 spiro atoms. The second-order valence-electron chi connectivity index (χ2n) is 6.05. The second-order valence-corrected chi connectivity index (χ2v) is 6.05. The van der Waals surface area contributed by atoms with Crippen molar-refractivity contribution in [2.24, 2.45) is 4.99 Å². The Morgan fingerprint density at radius 1 is 1.17 bits per heavy atom. The van der Waals surface area contributed by atoms with Crippen LogP contribution < -0.4 is 20.1 Å². The van der Waals surface area contributed by atoms with Crippen molar-refractivity contribution in [3.63, 3.8) is 0 Å². The highest BCUT2D eigenvalue weighted by Crippen LogP contribution is 2.26. The van der Waals surface area contributed by atoms with Gasteiger partial charge < -0.3 is 20.1 Å². The fourth-order valence-electron chi connectivity index (χ4n) is 2.47. The van der Waals surface area contributed by atoms with Gasteiger partial charge in [-0.25, -0.2) is 0 Å². The van der Waals surface area contributed by atoms with Crippen LogP contribution in [0.15, 0.2) is 41.4 Å². The Hall–Kier alpha value is -2.17. The number of aryl methyl sites for hydroxylation is 1. The van der Waals surface area contributed by atoms with E-state index >= 15 is 0 Å². The van der Waals surface area contributed by atoms with Crippen LogP contribution in [-0.2, 0) is 13.1 Å². The van der Waals surface area contributed by atoms with Gasteiger partial charge >= 0.3 is 6.61 Å². The smallest absolute Gasteiger partial charge is 0.387 e. The monoisotopic (exact) mass is 520 g/mol. The Labute approximate surface area is 187 Å². The maximum absolute atomic E-state index is 12.8. The van der Waals surface area contributed by atoms with Crippen molar-refractivity contribution >= 4 is 29.9 Å². The molecule has 0 radical (unpaired) electrons. The van der Waals surface area contributed by atoms with Gasteiger partial charge in [-0.05, 0) is 37.6 Å². The zero-order valence-corrected chi connectivity index (χ0v) is 19.1. The molecule has 0 bridgehead atoms. The number of nitrogens with zero attached hydrogens (tertiary/aromatic N) is 2. The van der Waals surface area contributed by atoms with Gasteiger partial charge in [-0.3, -0.25) is 9.98 Å². The standard InChI is InChI=1S/C20H26F2N4O2.HI/c1-4-10-27-17-9-8-15(18(11-17)28-19(21)22)12-24-20(23-3)25-13-16-7-5-6-14(2)26-16;/h5-9,11,19H,4,10,12-13H2,1-3H3,(H2,23,24,25);1H. The molecular weight excluding hydrogens is 493 g/mol. The fraction of sp³-hybridized carbons (Fsp3) is 0.400. The van der Waals surface area contributed by atoms with E-state index in [0.29, 0.717) is 30.4 Å². The first-order valence-electron chi connectivity index (χ1n) is 9.09. The van der Waals surface area contributed by atoms with E-state index in [4.69, 9.17) is 4.74 Å². The Morgan fingerprint density at radius 3 is 2.59 bits per heavy atom. The minimum atomic E-state index is -2.91. The molecule has 0 amide bonds. The Kier molecular flexibility index (Phi) is 11.3. The maximum Gasteiger partial charge on any atom is 0.387 e. The summed E-state index contributed by atoms with van der Waals surface area (Å²) in [7, 11) is 1.64. The fourth-order valence-corrected chi connectivity index (χ4v) is 2.47. The Balaban J connectivity index is 0.00000420. The number of guanidine groups is 1. The summed E-state index contributed by atoms with van der Waals surface area (Å²) in [5, 5.41) is 6.24. The van der Waals surface area contributed by atoms with Crippen molar-refractivity contribution in [1.29, 1.82) is 0 Å². The number of alkyl halides is 2. The minimum Gasteiger partial charge on any atom is -0.493 e. The topological polar surface area (TPSA) is 67.8 Å². The lowest BCUT2D eigenvalue weighted by Crippen LogP contribution is -2.36. The minimum absolute atomic E-state index is 0. The van der Waals surface area contributed by atoms with E-state index in [2.05, 4.69) is 25.3 Å². The molecule has 2 rings (SSSR count). The summed E-state index contributed by atoms with van der Waals surface area (Å²) in [5.41, 5.74) is 2.38. The van der Waals surface area contributed by atoms with E-state index in [1.54, 1.807) is 19.2 Å². The number of rotatable bonds is 9. The van der Waals surface area contributed by atoms with Gasteiger partial charge in [0.05, 0.1) is 18.8 Å². The molecule has 0 saturated heterocycles. The molecule has 9 heteroatoms. The van der Waals surface area contributed by atoms with E-state index in [9.17, 15) is 8.78 Å². The summed E-state index contributed by atoms with van der Waals surface area (Å²) in [6.45, 7) is 2.25. The normalized spacial score (nSPS) is 11.0. The molecule has 1 aromatic heterocycles. The second kappa shape index (κ2) is 13.1. The number of hydrogen-bond acceptors (Lipinski definition) is 4. The Bertz CT molecular complexity index is 791. The molecule has 160 valence electrons. The molecule has 0 saturated carbocycles. The lowest BCUT2D eigenvalue weighted by molar-refractivity contribution is -0.0505. The van der Waals surface area contributed by atoms with Crippen molar-refractivity contribution in [1.82, 2.24) is 15.6 Å². The number of aromatic nitrogens is 1. The van der Waals surface area contributed by atoms with Crippen LogP contribution in [0.1, 0.15) is 30.3 Å². The van der Waals surface area contributed by atoms with Crippen LogP contribution in [0.3, 0.4) is 0 Å². The third-order valence-corrected chi connectivity index (χ3v) is 3.78. The first-order chi connectivity index (χ1) is 13.5. The lowest BCUT2D eigenvalue weighted by atomic mass is 10.2. The first kappa shape index (κ1) is 24.9. The van der Waals surface area contributed by atoms with Crippen LogP contribution in [0.4, 0.5) is 8.78 Å². The van der Waals surface area contributed by atoms with Gasteiger partial charge in [0, 0.05) is 30.9 Å². The zero-order chi connectivity index (χ0) is 20.4. The van der Waals surface area contributed by atoms with E-state index in [1.807, 2.05) is 32.0 Å². The molecule has 0 unspecified atom stereocenters. The quantitative estimate of drug-likeness (QED) is 0.294. The number of benzene rings is 1. The van der Waals surface area contributed by atoms with Gasteiger partial charge in [-0.15, -0.1) is 24.0 Å². The molecule has 2 N–H and O–H groups in total. The molecule has 1 heterocycles. The highest BCUT2D eigenvalue weighted by molar-refractivity contribution is 14.0. The first-order valence-corrected chi connectivity index (χ1v) is 9.09. The van der Waals surface area contributed by atoms with Gasteiger partial charge in [0.25, 0.3) is 0 Å². The summed E-state index contributed by atoms with van der Waals surface area (Å²) in [4.78, 5) is 8.56. The van der Waals surface area contributed by atoms with Gasteiger partial charge in [0.15, 0.2) is 5.96 Å². The molecular formula is C20H27F2IN4O2. The number of ether oxygens (including phenoxy) is 2. The molecule has 0 aliphatic carbocycles. The number of aliphatic imine (C=N–C) groups is 1. The molecule has 0 fully saturated rings. The van der Waals surface area contributed by atoms with Gasteiger partial charge in [-0.2, -0.15) is 8.78 Å². The lowest BCUT2D eigenvalue weighted by Gasteiger charge is -2.16. The number of nitrogens with one attached hydrogen (secondary N) is 2. The molecule has 0 aliphatic rings. The molecule has 1 aromatic carbocycles. The summed E-state index contributed by atoms with van der Waals surface area (Å²) >= 11 is 0. The van der Waals surface area contributed by atoms with Gasteiger partial charge in [0.1, 0.15) is 11.5 Å². The Morgan fingerprint density at radius 2 is 1.93 bits per heavy atom. The average Bonchev–Trinajstić information content (AvgIpc) is 2.67. The highest BCUT2D eigenvalue weighted by Gasteiger charge is 2.12. The van der Waals surface area contributed by atoms with Crippen LogP contribution in [0.5, 0.6) is 11.5 Å². The third-order valence-electron chi connectivity index (χ3n) is 3.78. The van der Waals surface area contributed by atoms with Crippen LogP contribution in [0.2, 0.25) is 0 Å². The number of halogens is 3. The molecule has 6 nitrogen and oxygen atoms in total. The van der Waals surface area contributed by atoms with Crippen LogP contribution in [-0.4, -0.2) is 31.2 Å². The van der Waals surface area contributed by atoms with Crippen molar-refractivity contribution in [3.05, 3.63) is 53.3 Å². The van der Waals surface area contributed by atoms with Gasteiger partial charge in [0.2, 0.25) is 0 Å². The van der Waals surface area contributed by atoms with Crippen molar-refractivity contribution < 1.29 is 18.3 Å². The molecule has 29 heavy (non-hydrogen) atoms. The summed E-state index contributed by atoms with van der Waals surface area (Å²) in [6.07, 6.45) is 0.826. The average molecular weight is 520 g/mol. The highest BCUT2D eigenvalue weighted by atomic mass is 127. The maximum atomic E-state index is 12.8. The van der Waals surface area contributed by atoms with E-state index in [1.165, 1.54) is 6.07 Å². The number of hydrogen-bond donors (Lipinski definition) is 2. The molecule has 0 aliphatic heterocycles. The third kappa shape index (κ3) is 8.80. The number of pyridine rings is 1. The van der Waals surface area contributed by atoms with Crippen molar-refractivity contribution in [2.75, 3.05) is 13.7 Å². The molecule has 0 atom stereocenters. The molecule has 2 aromatic rings. The summed E-state index contributed by atoms with van der Waals surface area (Å²) in [6, 6.07) is 10.7. The SMILES string of the molecule is CCCOc1ccc(CNC(=NC)NCc2cccc(C)n2)c(OC(F)F)c1.I. The van der Waals surface area contributed by atoms with Crippen LogP contribution in [0, 0.1) is 6.92 Å². The van der Waals surface area contributed by atoms with E-state index in [0.717, 1.165) is 17.8 Å². The van der Waals surface area contributed by atoms with Gasteiger partial charge in [-0.1, -0.05) is 13.0 Å². The summed E-state index contributed by atoms with van der Waals surface area (Å²) in [5.74, 6) is 1.10.